The third-order valence-corrected chi connectivity index (χ3v) is 1.84. The molecule has 0 N–H and O–H groups in total. The van der Waals surface area contributed by atoms with E-state index in [0.717, 1.165) is 11.6 Å². The van der Waals surface area contributed by atoms with Crippen LogP contribution in [-0.2, 0) is 16.1 Å². The van der Waals surface area contributed by atoms with Gasteiger partial charge in [-0.05, 0) is 12.1 Å². The molecule has 2 aromatic rings. The summed E-state index contributed by atoms with van der Waals surface area (Å²) in [6, 6.07) is 7.36. The number of nitrogens with zero attached hydrogens (tertiary/aromatic N) is 1. The van der Waals surface area contributed by atoms with Crippen molar-refractivity contribution in [1.82, 2.24) is 4.98 Å². The van der Waals surface area contributed by atoms with Gasteiger partial charge in [-0.15, -0.1) is 0 Å². The Morgan fingerprint density at radius 1 is 1.53 bits per heavy atom. The molecule has 1 aromatic heterocycles. The Morgan fingerprint density at radius 3 is 3.07 bits per heavy atom. The van der Waals surface area contributed by atoms with Crippen LogP contribution >= 0.6 is 0 Å². The molecule has 15 heavy (non-hydrogen) atoms. The monoisotopic (exact) mass is 203 g/mol. The van der Waals surface area contributed by atoms with E-state index in [1.807, 2.05) is 18.2 Å². The number of hydrogen-bond donors (Lipinski definition) is 0. The molecule has 0 saturated heterocycles. The number of oxazole rings is 1. The van der Waals surface area contributed by atoms with Gasteiger partial charge in [0.1, 0.15) is 5.52 Å². The van der Waals surface area contributed by atoms with Gasteiger partial charge in [0.25, 0.3) is 0 Å². The van der Waals surface area contributed by atoms with Crippen LogP contribution in [-0.4, -0.2) is 11.0 Å². The predicted molar refractivity (Wildman–Crippen MR) is 54.0 cm³/mol. The summed E-state index contributed by atoms with van der Waals surface area (Å²) in [5.74, 6) is -0.108. The van der Waals surface area contributed by atoms with Crippen molar-refractivity contribution in [3.63, 3.8) is 0 Å². The van der Waals surface area contributed by atoms with Gasteiger partial charge in [0, 0.05) is 6.08 Å². The minimum Gasteiger partial charge on any atom is -0.453 e. The summed E-state index contributed by atoms with van der Waals surface area (Å²) in [6.45, 7) is 3.32. The zero-order valence-corrected chi connectivity index (χ0v) is 7.97. The molecule has 0 saturated carbocycles. The van der Waals surface area contributed by atoms with Crippen LogP contribution in [0, 0.1) is 0 Å². The summed E-state index contributed by atoms with van der Waals surface area (Å²) in [4.78, 5) is 14.9. The number of ether oxygens (including phenoxy) is 1. The lowest BCUT2D eigenvalue weighted by molar-refractivity contribution is -0.139. The van der Waals surface area contributed by atoms with Crippen molar-refractivity contribution in [3.05, 3.63) is 42.8 Å². The van der Waals surface area contributed by atoms with Gasteiger partial charge in [-0.1, -0.05) is 18.7 Å². The third kappa shape index (κ3) is 2.04. The minimum atomic E-state index is -0.489. The smallest absolute Gasteiger partial charge is 0.330 e. The number of carbonyl (C=O) groups is 1. The predicted octanol–water partition coefficient (Wildman–Crippen LogP) is 2.06. The Bertz CT molecular complexity index is 468. The van der Waals surface area contributed by atoms with Crippen LogP contribution in [0.1, 0.15) is 5.89 Å². The number of hydrogen-bond acceptors (Lipinski definition) is 4. The topological polar surface area (TPSA) is 52.3 Å². The number of benzene rings is 1. The highest BCUT2D eigenvalue weighted by molar-refractivity contribution is 5.81. The zero-order valence-electron chi connectivity index (χ0n) is 7.97. The summed E-state index contributed by atoms with van der Waals surface area (Å²) >= 11 is 0. The van der Waals surface area contributed by atoms with E-state index in [1.165, 1.54) is 0 Å². The molecule has 0 radical (unpaired) electrons. The second-order valence-electron chi connectivity index (χ2n) is 2.89. The van der Waals surface area contributed by atoms with Gasteiger partial charge >= 0.3 is 5.97 Å². The summed E-state index contributed by atoms with van der Waals surface area (Å²) in [5, 5.41) is 0. The van der Waals surface area contributed by atoms with Crippen molar-refractivity contribution in [2.75, 3.05) is 0 Å². The molecular formula is C11H9NO3. The average molecular weight is 203 g/mol. The summed E-state index contributed by atoms with van der Waals surface area (Å²) in [5.41, 5.74) is 1.43. The molecule has 0 amide bonds. The van der Waals surface area contributed by atoms with E-state index >= 15 is 0 Å². The van der Waals surface area contributed by atoms with Crippen LogP contribution < -0.4 is 0 Å². The molecule has 4 nitrogen and oxygen atoms in total. The first kappa shape index (κ1) is 9.45. The quantitative estimate of drug-likeness (QED) is 0.566. The molecule has 1 heterocycles. The normalized spacial score (nSPS) is 10.1. The van der Waals surface area contributed by atoms with Crippen molar-refractivity contribution in [1.29, 1.82) is 0 Å². The molecule has 0 aliphatic carbocycles. The highest BCUT2D eigenvalue weighted by Crippen LogP contribution is 2.14. The number of fused-ring (bicyclic) bond motifs is 1. The van der Waals surface area contributed by atoms with Crippen LogP contribution in [0.4, 0.5) is 0 Å². The molecule has 0 spiro atoms. The summed E-state index contributed by atoms with van der Waals surface area (Å²) < 4.78 is 10.1. The maximum atomic E-state index is 10.8. The lowest BCUT2D eigenvalue weighted by atomic mass is 10.3. The van der Waals surface area contributed by atoms with E-state index in [-0.39, 0.29) is 6.61 Å². The van der Waals surface area contributed by atoms with Crippen molar-refractivity contribution in [2.45, 2.75) is 6.61 Å². The van der Waals surface area contributed by atoms with E-state index in [4.69, 9.17) is 9.15 Å². The van der Waals surface area contributed by atoms with Crippen molar-refractivity contribution in [2.24, 2.45) is 0 Å². The second kappa shape index (κ2) is 3.96. The Morgan fingerprint density at radius 2 is 2.33 bits per heavy atom. The van der Waals surface area contributed by atoms with E-state index in [0.29, 0.717) is 11.5 Å². The highest BCUT2D eigenvalue weighted by atomic mass is 16.5. The van der Waals surface area contributed by atoms with Crippen LogP contribution in [0.5, 0.6) is 0 Å². The molecule has 0 fully saturated rings. The molecule has 0 atom stereocenters. The number of para-hydroxylation sites is 2. The first-order valence-corrected chi connectivity index (χ1v) is 4.43. The van der Waals surface area contributed by atoms with Crippen LogP contribution in [0.3, 0.4) is 0 Å². The SMILES string of the molecule is C=CC(=O)OCc1nc2ccccc2o1. The van der Waals surface area contributed by atoms with Crippen LogP contribution in [0.2, 0.25) is 0 Å². The van der Waals surface area contributed by atoms with Crippen LogP contribution in [0.25, 0.3) is 11.1 Å². The Balaban J connectivity index is 2.15. The van der Waals surface area contributed by atoms with Gasteiger partial charge in [0.15, 0.2) is 12.2 Å². The van der Waals surface area contributed by atoms with Gasteiger partial charge in [0.2, 0.25) is 5.89 Å². The second-order valence-corrected chi connectivity index (χ2v) is 2.89. The molecule has 4 heteroatoms. The van der Waals surface area contributed by atoms with Gasteiger partial charge < -0.3 is 9.15 Å². The number of esters is 1. The maximum Gasteiger partial charge on any atom is 0.330 e. The fourth-order valence-electron chi connectivity index (χ4n) is 1.17. The van der Waals surface area contributed by atoms with Gasteiger partial charge in [-0.3, -0.25) is 0 Å². The fraction of sp³-hybridized carbons (Fsp3) is 0.0909. The lowest BCUT2D eigenvalue weighted by Crippen LogP contribution is -1.99. The highest BCUT2D eigenvalue weighted by Gasteiger charge is 2.06. The van der Waals surface area contributed by atoms with Gasteiger partial charge in [-0.2, -0.15) is 0 Å². The molecule has 0 aliphatic heterocycles. The maximum absolute atomic E-state index is 10.8. The van der Waals surface area contributed by atoms with Crippen molar-refractivity contribution in [3.8, 4) is 0 Å². The van der Waals surface area contributed by atoms with E-state index in [1.54, 1.807) is 6.07 Å². The Hall–Kier alpha value is -2.10. The first-order chi connectivity index (χ1) is 7.29. The zero-order chi connectivity index (χ0) is 10.7. The summed E-state index contributed by atoms with van der Waals surface area (Å²) in [7, 11) is 0. The molecule has 76 valence electrons. The average Bonchev–Trinajstić information content (AvgIpc) is 2.68. The van der Waals surface area contributed by atoms with Crippen LogP contribution in [0.15, 0.2) is 41.3 Å². The minimum absolute atomic E-state index is 0.0273. The fourth-order valence-corrected chi connectivity index (χ4v) is 1.17. The third-order valence-electron chi connectivity index (χ3n) is 1.84. The number of carbonyl (C=O) groups excluding carboxylic acids is 1. The van der Waals surface area contributed by atoms with E-state index < -0.39 is 5.97 Å². The lowest BCUT2D eigenvalue weighted by Gasteiger charge is -1.95. The van der Waals surface area contributed by atoms with Crippen molar-refractivity contribution >= 4 is 17.1 Å². The Labute approximate surface area is 86.2 Å². The molecule has 0 bridgehead atoms. The van der Waals surface area contributed by atoms with Gasteiger partial charge in [-0.25, -0.2) is 9.78 Å². The van der Waals surface area contributed by atoms with E-state index in [2.05, 4.69) is 11.6 Å². The van der Waals surface area contributed by atoms with Crippen molar-refractivity contribution < 1.29 is 13.9 Å². The molecule has 1 aromatic carbocycles. The van der Waals surface area contributed by atoms with Gasteiger partial charge in [0.05, 0.1) is 0 Å². The largest absolute Gasteiger partial charge is 0.453 e. The molecule has 0 unspecified atom stereocenters. The molecule has 2 rings (SSSR count). The molecule has 0 aliphatic rings. The molecular weight excluding hydrogens is 194 g/mol. The van der Waals surface area contributed by atoms with E-state index in [9.17, 15) is 4.79 Å². The Kier molecular flexibility index (Phi) is 2.49. The number of rotatable bonds is 3. The number of aromatic nitrogens is 1. The standard InChI is InChI=1S/C11H9NO3/c1-2-11(13)14-7-10-12-8-5-3-4-6-9(8)15-10/h2-6H,1,7H2. The summed E-state index contributed by atoms with van der Waals surface area (Å²) in [6.07, 6.45) is 1.10. The first-order valence-electron chi connectivity index (χ1n) is 4.43.